The molecule has 96 valence electrons. The van der Waals surface area contributed by atoms with Gasteiger partial charge in [-0.1, -0.05) is 12.1 Å². The van der Waals surface area contributed by atoms with Crippen molar-refractivity contribution in [3.63, 3.8) is 0 Å². The summed E-state index contributed by atoms with van der Waals surface area (Å²) < 4.78 is 0. The van der Waals surface area contributed by atoms with Crippen LogP contribution >= 0.6 is 0 Å². The number of nitro benzene ring substituents is 1. The smallest absolute Gasteiger partial charge is 0.269 e. The molecule has 0 saturated carbocycles. The van der Waals surface area contributed by atoms with E-state index in [4.69, 9.17) is 4.84 Å². The quantitative estimate of drug-likeness (QED) is 0.590. The van der Waals surface area contributed by atoms with Crippen molar-refractivity contribution in [3.05, 3.63) is 52.3 Å². The minimum Gasteiger partial charge on any atom is -0.352 e. The summed E-state index contributed by atoms with van der Waals surface area (Å²) in [4.78, 5) is 17.5. The molecule has 1 aliphatic heterocycles. The Balaban J connectivity index is 1.91. The van der Waals surface area contributed by atoms with E-state index in [0.717, 1.165) is 5.56 Å². The summed E-state index contributed by atoms with van der Waals surface area (Å²) in [5, 5.41) is 12.3. The van der Waals surface area contributed by atoms with Gasteiger partial charge in [0.1, 0.15) is 6.67 Å². The minimum atomic E-state index is -0.392. The summed E-state index contributed by atoms with van der Waals surface area (Å²) in [6.07, 6.45) is 3.81. The highest BCUT2D eigenvalue weighted by atomic mass is 16.7. The number of rotatable bonds is 5. The third-order valence-electron chi connectivity index (χ3n) is 2.59. The van der Waals surface area contributed by atoms with Gasteiger partial charge in [-0.3, -0.25) is 15.0 Å². The normalized spacial score (nSPS) is 14.3. The van der Waals surface area contributed by atoms with Crippen LogP contribution in [0.25, 0.3) is 0 Å². The van der Waals surface area contributed by atoms with Gasteiger partial charge in [0.05, 0.1) is 11.5 Å². The van der Waals surface area contributed by atoms with Gasteiger partial charge in [0.15, 0.2) is 0 Å². The molecule has 1 aromatic carbocycles. The maximum atomic E-state index is 10.5. The lowest BCUT2D eigenvalue weighted by atomic mass is 10.2. The predicted octanol–water partition coefficient (Wildman–Crippen LogP) is 2.09. The average Bonchev–Trinajstić information content (AvgIpc) is 2.78. The van der Waals surface area contributed by atoms with Crippen molar-refractivity contribution < 1.29 is 9.76 Å². The molecule has 1 aromatic rings. The third kappa shape index (κ3) is 2.98. The van der Waals surface area contributed by atoms with Gasteiger partial charge < -0.3 is 4.90 Å². The van der Waals surface area contributed by atoms with E-state index in [1.165, 1.54) is 12.1 Å². The topological polar surface area (TPSA) is 58.8 Å². The maximum absolute atomic E-state index is 10.5. The van der Waals surface area contributed by atoms with E-state index in [0.29, 0.717) is 19.8 Å². The van der Waals surface area contributed by atoms with E-state index in [1.54, 1.807) is 17.2 Å². The van der Waals surface area contributed by atoms with Gasteiger partial charge in [-0.15, -0.1) is 0 Å². The third-order valence-corrected chi connectivity index (χ3v) is 2.59. The van der Waals surface area contributed by atoms with Gasteiger partial charge in [0.2, 0.25) is 0 Å². The number of benzene rings is 1. The van der Waals surface area contributed by atoms with E-state index < -0.39 is 4.92 Å². The van der Waals surface area contributed by atoms with Crippen LogP contribution in [0.15, 0.2) is 36.7 Å². The van der Waals surface area contributed by atoms with Gasteiger partial charge in [-0.2, -0.15) is 0 Å². The minimum absolute atomic E-state index is 0.117. The molecule has 2 rings (SSSR count). The highest BCUT2D eigenvalue weighted by Gasteiger charge is 2.13. The summed E-state index contributed by atoms with van der Waals surface area (Å²) in [7, 11) is 0. The molecule has 0 aliphatic carbocycles. The lowest BCUT2D eigenvalue weighted by Gasteiger charge is -2.20. The van der Waals surface area contributed by atoms with Crippen molar-refractivity contribution in [2.75, 3.05) is 13.3 Å². The van der Waals surface area contributed by atoms with Crippen LogP contribution in [-0.4, -0.2) is 28.2 Å². The molecule has 0 saturated heterocycles. The number of nitrogens with zero attached hydrogens (tertiary/aromatic N) is 3. The molecule has 0 radical (unpaired) electrons. The Bertz CT molecular complexity index is 444. The van der Waals surface area contributed by atoms with E-state index in [-0.39, 0.29) is 5.69 Å². The molecule has 6 heteroatoms. The molecule has 0 bridgehead atoms. The molecule has 6 nitrogen and oxygen atoms in total. The van der Waals surface area contributed by atoms with Crippen LogP contribution in [0.3, 0.4) is 0 Å². The molecule has 0 atom stereocenters. The first-order chi connectivity index (χ1) is 8.69. The molecule has 0 spiro atoms. The Labute approximate surface area is 105 Å². The summed E-state index contributed by atoms with van der Waals surface area (Å²) in [5.74, 6) is 0. The fourth-order valence-electron chi connectivity index (χ4n) is 1.75. The second kappa shape index (κ2) is 5.50. The molecular formula is C12H15N3O3. The number of hydrogen-bond acceptors (Lipinski definition) is 5. The molecule has 0 N–H and O–H groups in total. The van der Waals surface area contributed by atoms with Crippen molar-refractivity contribution in [2.24, 2.45) is 0 Å². The maximum Gasteiger partial charge on any atom is 0.269 e. The average molecular weight is 249 g/mol. The molecule has 0 aromatic heterocycles. The van der Waals surface area contributed by atoms with Gasteiger partial charge in [0.25, 0.3) is 5.69 Å². The standard InChI is InChI=1S/C12H15N3O3/c1-2-18-14-8-7-13(10-14)9-11-3-5-12(6-4-11)15(16)17/h3-8H,2,9-10H2,1H3. The monoisotopic (exact) mass is 249 g/mol. The van der Waals surface area contributed by atoms with Crippen LogP contribution in [0.5, 0.6) is 0 Å². The largest absolute Gasteiger partial charge is 0.352 e. The van der Waals surface area contributed by atoms with E-state index in [9.17, 15) is 10.1 Å². The Morgan fingerprint density at radius 3 is 2.67 bits per heavy atom. The fourth-order valence-corrected chi connectivity index (χ4v) is 1.75. The van der Waals surface area contributed by atoms with Crippen molar-refractivity contribution in [1.29, 1.82) is 0 Å². The second-order valence-electron chi connectivity index (χ2n) is 3.94. The lowest BCUT2D eigenvalue weighted by Crippen LogP contribution is -2.25. The first-order valence-corrected chi connectivity index (χ1v) is 5.74. The van der Waals surface area contributed by atoms with Gasteiger partial charge in [-0.25, -0.2) is 5.06 Å². The molecule has 1 heterocycles. The highest BCUT2D eigenvalue weighted by molar-refractivity contribution is 5.32. The van der Waals surface area contributed by atoms with Crippen LogP contribution < -0.4 is 0 Å². The SMILES string of the molecule is CCON1C=CN(Cc2ccc([N+](=O)[O-])cc2)C1. The summed E-state index contributed by atoms with van der Waals surface area (Å²) >= 11 is 0. The van der Waals surface area contributed by atoms with Crippen molar-refractivity contribution >= 4 is 5.69 Å². The number of non-ortho nitro benzene ring substituents is 1. The summed E-state index contributed by atoms with van der Waals surface area (Å²) in [6, 6.07) is 6.59. The fraction of sp³-hybridized carbons (Fsp3) is 0.333. The highest BCUT2D eigenvalue weighted by Crippen LogP contribution is 2.15. The van der Waals surface area contributed by atoms with Crippen molar-refractivity contribution in [1.82, 2.24) is 9.96 Å². The predicted molar refractivity (Wildman–Crippen MR) is 66.1 cm³/mol. The molecule has 0 unspecified atom stereocenters. The molecule has 18 heavy (non-hydrogen) atoms. The Kier molecular flexibility index (Phi) is 3.78. The van der Waals surface area contributed by atoms with Gasteiger partial charge in [0, 0.05) is 31.1 Å². The van der Waals surface area contributed by atoms with Crippen LogP contribution in [-0.2, 0) is 11.4 Å². The summed E-state index contributed by atoms with van der Waals surface area (Å²) in [5.41, 5.74) is 1.15. The summed E-state index contributed by atoms with van der Waals surface area (Å²) in [6.45, 7) is 3.95. The first kappa shape index (κ1) is 12.4. The number of hydroxylamine groups is 2. The van der Waals surface area contributed by atoms with Crippen LogP contribution in [0.2, 0.25) is 0 Å². The zero-order valence-electron chi connectivity index (χ0n) is 10.2. The Hall–Kier alpha value is -2.08. The lowest BCUT2D eigenvalue weighted by molar-refractivity contribution is -0.384. The van der Waals surface area contributed by atoms with Crippen molar-refractivity contribution in [3.8, 4) is 0 Å². The zero-order valence-corrected chi connectivity index (χ0v) is 10.2. The molecule has 1 aliphatic rings. The van der Waals surface area contributed by atoms with E-state index >= 15 is 0 Å². The number of nitro groups is 1. The van der Waals surface area contributed by atoms with Crippen LogP contribution in [0.4, 0.5) is 5.69 Å². The first-order valence-electron chi connectivity index (χ1n) is 5.74. The van der Waals surface area contributed by atoms with Gasteiger partial charge >= 0.3 is 0 Å². The van der Waals surface area contributed by atoms with Crippen LogP contribution in [0.1, 0.15) is 12.5 Å². The molecular weight excluding hydrogens is 234 g/mol. The molecule has 0 fully saturated rings. The molecule has 0 amide bonds. The van der Waals surface area contributed by atoms with Crippen LogP contribution in [0, 0.1) is 10.1 Å². The van der Waals surface area contributed by atoms with Gasteiger partial charge in [-0.05, 0) is 12.5 Å². The van der Waals surface area contributed by atoms with Crippen molar-refractivity contribution in [2.45, 2.75) is 13.5 Å². The second-order valence-corrected chi connectivity index (χ2v) is 3.94. The zero-order chi connectivity index (χ0) is 13.0. The Morgan fingerprint density at radius 1 is 1.33 bits per heavy atom. The van der Waals surface area contributed by atoms with E-state index in [2.05, 4.69) is 4.90 Å². The van der Waals surface area contributed by atoms with E-state index in [1.807, 2.05) is 19.3 Å². The Morgan fingerprint density at radius 2 is 2.06 bits per heavy atom. The number of hydrogen-bond donors (Lipinski definition) is 0.